The Balaban J connectivity index is 2.38. The van der Waals surface area contributed by atoms with Gasteiger partial charge in [-0.1, -0.05) is 40.9 Å². The molecule has 0 saturated heterocycles. The molecule has 0 saturated carbocycles. The van der Waals surface area contributed by atoms with Crippen LogP contribution in [0.4, 0.5) is 5.69 Å². The third-order valence-corrected chi connectivity index (χ3v) is 2.99. The second kappa shape index (κ2) is 5.00. The van der Waals surface area contributed by atoms with E-state index in [1.165, 1.54) is 0 Å². The van der Waals surface area contributed by atoms with Crippen molar-refractivity contribution in [1.29, 1.82) is 0 Å². The van der Waals surface area contributed by atoms with Crippen LogP contribution >= 0.6 is 34.8 Å². The molecule has 0 spiro atoms. The Hall–Kier alpha value is -1.16. The van der Waals surface area contributed by atoms with Crippen LogP contribution in [-0.2, 0) is 0 Å². The van der Waals surface area contributed by atoms with Crippen LogP contribution in [0.3, 0.4) is 0 Å². The van der Waals surface area contributed by atoms with Gasteiger partial charge < -0.3 is 10.5 Å². The van der Waals surface area contributed by atoms with E-state index in [9.17, 15) is 0 Å². The lowest BCUT2D eigenvalue weighted by molar-refractivity contribution is 0.466. The highest BCUT2D eigenvalue weighted by Crippen LogP contribution is 2.35. The maximum absolute atomic E-state index is 5.98. The molecular weight excluding hydrogens is 282 g/mol. The summed E-state index contributed by atoms with van der Waals surface area (Å²) in [5.41, 5.74) is 6.07. The molecule has 2 N–H and O–H groups in total. The number of ether oxygens (including phenoxy) is 1. The molecule has 0 aliphatic carbocycles. The zero-order chi connectivity index (χ0) is 12.4. The molecule has 0 bridgehead atoms. The summed E-state index contributed by atoms with van der Waals surface area (Å²) in [7, 11) is 0. The minimum absolute atomic E-state index is 0.196. The van der Waals surface area contributed by atoms with Crippen LogP contribution in [0.5, 0.6) is 11.6 Å². The van der Waals surface area contributed by atoms with Gasteiger partial charge in [0.05, 0.1) is 10.7 Å². The molecule has 1 aromatic carbocycles. The molecule has 0 radical (unpaired) electrons. The first-order valence-corrected chi connectivity index (χ1v) is 5.75. The summed E-state index contributed by atoms with van der Waals surface area (Å²) in [6, 6.07) is 8.21. The summed E-state index contributed by atoms with van der Waals surface area (Å²) in [5, 5.41) is 0.979. The molecule has 0 atom stereocenters. The van der Waals surface area contributed by atoms with E-state index in [0.717, 1.165) is 0 Å². The van der Waals surface area contributed by atoms with Crippen LogP contribution in [0.1, 0.15) is 0 Å². The average Bonchev–Trinajstić information content (AvgIpc) is 2.30. The van der Waals surface area contributed by atoms with Crippen molar-refractivity contribution < 1.29 is 4.74 Å². The van der Waals surface area contributed by atoms with Gasteiger partial charge in [0, 0.05) is 0 Å². The fraction of sp³-hybridized carbons (Fsp3) is 0. The van der Waals surface area contributed by atoms with Crippen LogP contribution in [0.25, 0.3) is 0 Å². The van der Waals surface area contributed by atoms with Gasteiger partial charge in [-0.2, -0.15) is 4.98 Å². The highest BCUT2D eigenvalue weighted by Gasteiger charge is 2.10. The number of nitrogens with two attached hydrogens (primary N) is 1. The largest absolute Gasteiger partial charge is 0.435 e. The minimum Gasteiger partial charge on any atom is -0.435 e. The lowest BCUT2D eigenvalue weighted by Crippen LogP contribution is -1.95. The number of nitrogen functional groups attached to an aromatic ring is 1. The monoisotopic (exact) mass is 288 g/mol. The number of pyridine rings is 1. The van der Waals surface area contributed by atoms with Gasteiger partial charge in [-0.05, 0) is 24.3 Å². The molecule has 1 aromatic heterocycles. The third kappa shape index (κ3) is 2.75. The van der Waals surface area contributed by atoms with Crippen molar-refractivity contribution in [3.63, 3.8) is 0 Å². The summed E-state index contributed by atoms with van der Waals surface area (Å²) in [6.45, 7) is 0. The predicted molar refractivity (Wildman–Crippen MR) is 70.2 cm³/mol. The van der Waals surface area contributed by atoms with Crippen LogP contribution in [0.15, 0.2) is 30.3 Å². The number of benzene rings is 1. The smallest absolute Gasteiger partial charge is 0.244 e. The fourth-order valence-corrected chi connectivity index (χ4v) is 1.65. The quantitative estimate of drug-likeness (QED) is 0.833. The van der Waals surface area contributed by atoms with E-state index in [1.807, 2.05) is 0 Å². The lowest BCUT2D eigenvalue weighted by atomic mass is 10.3. The maximum Gasteiger partial charge on any atom is 0.244 e. The molecule has 88 valence electrons. The Morgan fingerprint density at radius 1 is 1.06 bits per heavy atom. The molecule has 6 heteroatoms. The maximum atomic E-state index is 5.98. The standard InChI is InChI=1S/C11H7Cl3N2O/c12-6-2-1-3-8(10(6)14)17-11-7(15)4-5-9(13)16-11/h1-5H,15H2. The van der Waals surface area contributed by atoms with E-state index in [-0.39, 0.29) is 11.0 Å². The normalized spacial score (nSPS) is 10.3. The average molecular weight is 290 g/mol. The first-order valence-electron chi connectivity index (χ1n) is 4.62. The van der Waals surface area contributed by atoms with Crippen molar-refractivity contribution in [2.75, 3.05) is 5.73 Å². The molecule has 0 aliphatic heterocycles. The summed E-state index contributed by atoms with van der Waals surface area (Å²) in [5.74, 6) is 0.572. The molecule has 2 aromatic rings. The predicted octanol–water partition coefficient (Wildman–Crippen LogP) is 4.42. The number of anilines is 1. The molecule has 3 nitrogen and oxygen atoms in total. The van der Waals surface area contributed by atoms with Gasteiger partial charge >= 0.3 is 0 Å². The second-order valence-electron chi connectivity index (χ2n) is 3.18. The van der Waals surface area contributed by atoms with Gasteiger partial charge in [0.2, 0.25) is 5.88 Å². The van der Waals surface area contributed by atoms with E-state index in [2.05, 4.69) is 4.98 Å². The third-order valence-electron chi connectivity index (χ3n) is 1.98. The molecule has 0 unspecified atom stereocenters. The summed E-state index contributed by atoms with van der Waals surface area (Å²) in [4.78, 5) is 3.96. The van der Waals surface area contributed by atoms with Crippen LogP contribution < -0.4 is 10.5 Å². The molecule has 2 rings (SSSR count). The molecule has 0 fully saturated rings. The number of nitrogens with zero attached hydrogens (tertiary/aromatic N) is 1. The van der Waals surface area contributed by atoms with Crippen molar-refractivity contribution in [3.8, 4) is 11.6 Å². The Morgan fingerprint density at radius 2 is 1.82 bits per heavy atom. The van der Waals surface area contributed by atoms with Crippen molar-refractivity contribution in [3.05, 3.63) is 45.5 Å². The van der Waals surface area contributed by atoms with Crippen molar-refractivity contribution in [2.45, 2.75) is 0 Å². The molecule has 17 heavy (non-hydrogen) atoms. The van der Waals surface area contributed by atoms with Crippen LogP contribution in [0, 0.1) is 0 Å². The van der Waals surface area contributed by atoms with Crippen molar-refractivity contribution >= 4 is 40.5 Å². The fourth-order valence-electron chi connectivity index (χ4n) is 1.18. The SMILES string of the molecule is Nc1ccc(Cl)nc1Oc1cccc(Cl)c1Cl. The molecular formula is C11H7Cl3N2O. The van der Waals surface area contributed by atoms with E-state index < -0.39 is 0 Å². The van der Waals surface area contributed by atoms with E-state index in [0.29, 0.717) is 21.5 Å². The van der Waals surface area contributed by atoms with E-state index in [4.69, 9.17) is 45.3 Å². The van der Waals surface area contributed by atoms with Gasteiger partial charge in [0.15, 0.2) is 0 Å². The first-order chi connectivity index (χ1) is 8.08. The minimum atomic E-state index is 0.196. The van der Waals surface area contributed by atoms with Crippen molar-refractivity contribution in [1.82, 2.24) is 4.98 Å². The lowest BCUT2D eigenvalue weighted by Gasteiger charge is -2.09. The van der Waals surface area contributed by atoms with Crippen LogP contribution in [0.2, 0.25) is 15.2 Å². The summed E-state index contributed by atoms with van der Waals surface area (Å²) < 4.78 is 5.46. The van der Waals surface area contributed by atoms with Crippen molar-refractivity contribution in [2.24, 2.45) is 0 Å². The zero-order valence-corrected chi connectivity index (χ0v) is 10.7. The van der Waals surface area contributed by atoms with Gasteiger partial charge in [-0.3, -0.25) is 0 Å². The van der Waals surface area contributed by atoms with Gasteiger partial charge in [-0.15, -0.1) is 0 Å². The molecule has 0 aliphatic rings. The van der Waals surface area contributed by atoms with Crippen LogP contribution in [-0.4, -0.2) is 4.98 Å². The number of aromatic nitrogens is 1. The second-order valence-corrected chi connectivity index (χ2v) is 4.35. The number of rotatable bonds is 2. The van der Waals surface area contributed by atoms with E-state index in [1.54, 1.807) is 30.3 Å². The van der Waals surface area contributed by atoms with Gasteiger partial charge in [0.25, 0.3) is 0 Å². The Labute approximate surface area is 113 Å². The highest BCUT2D eigenvalue weighted by atomic mass is 35.5. The number of halogens is 3. The highest BCUT2D eigenvalue weighted by molar-refractivity contribution is 6.42. The number of hydrogen-bond acceptors (Lipinski definition) is 3. The topological polar surface area (TPSA) is 48.1 Å². The Kier molecular flexibility index (Phi) is 3.62. The zero-order valence-electron chi connectivity index (χ0n) is 8.45. The van der Waals surface area contributed by atoms with E-state index >= 15 is 0 Å². The first kappa shape index (κ1) is 12.3. The summed E-state index contributed by atoms with van der Waals surface area (Å²) >= 11 is 17.6. The Morgan fingerprint density at radius 3 is 2.59 bits per heavy atom. The molecule has 1 heterocycles. The summed E-state index contributed by atoms with van der Waals surface area (Å²) in [6.07, 6.45) is 0. The number of hydrogen-bond donors (Lipinski definition) is 1. The van der Waals surface area contributed by atoms with Gasteiger partial charge in [-0.25, -0.2) is 0 Å². The Bertz CT molecular complexity index is 560. The molecule has 0 amide bonds. The van der Waals surface area contributed by atoms with Gasteiger partial charge in [0.1, 0.15) is 15.9 Å².